The van der Waals surface area contributed by atoms with Gasteiger partial charge in [0.15, 0.2) is 0 Å². The predicted molar refractivity (Wildman–Crippen MR) is 71.3 cm³/mol. The van der Waals surface area contributed by atoms with E-state index in [-0.39, 0.29) is 11.5 Å². The molecular formula is C13H12N2O3S. The van der Waals surface area contributed by atoms with Crippen molar-refractivity contribution in [3.05, 3.63) is 52.0 Å². The van der Waals surface area contributed by atoms with Gasteiger partial charge in [-0.15, -0.1) is 11.3 Å². The molecule has 1 amide bonds. The average Bonchev–Trinajstić information content (AvgIpc) is 2.90. The van der Waals surface area contributed by atoms with E-state index < -0.39 is 5.97 Å². The van der Waals surface area contributed by atoms with E-state index in [1.54, 1.807) is 24.7 Å². The Kier molecular flexibility index (Phi) is 3.91. The van der Waals surface area contributed by atoms with Crippen LogP contribution in [-0.2, 0) is 6.54 Å². The van der Waals surface area contributed by atoms with Crippen LogP contribution >= 0.6 is 11.3 Å². The molecule has 0 aliphatic rings. The van der Waals surface area contributed by atoms with E-state index in [9.17, 15) is 9.59 Å². The molecule has 1 N–H and O–H groups in total. The second kappa shape index (κ2) is 5.62. The summed E-state index contributed by atoms with van der Waals surface area (Å²) in [5, 5.41) is 10.8. The number of rotatable bonds is 4. The molecule has 0 radical (unpaired) electrons. The molecule has 2 aromatic rings. The number of nitrogens with zero attached hydrogens (tertiary/aromatic N) is 2. The largest absolute Gasteiger partial charge is 0.478 e. The zero-order valence-electron chi connectivity index (χ0n) is 10.2. The van der Waals surface area contributed by atoms with Gasteiger partial charge in [-0.3, -0.25) is 4.79 Å². The number of carbonyl (C=O) groups excluding carboxylic acids is 1. The molecule has 0 bridgehead atoms. The Morgan fingerprint density at radius 1 is 1.37 bits per heavy atom. The Morgan fingerprint density at radius 2 is 2.11 bits per heavy atom. The molecule has 6 heteroatoms. The highest BCUT2D eigenvalue weighted by Crippen LogP contribution is 2.11. The Morgan fingerprint density at radius 3 is 2.74 bits per heavy atom. The molecule has 19 heavy (non-hydrogen) atoms. The van der Waals surface area contributed by atoms with E-state index >= 15 is 0 Å². The number of aromatic nitrogens is 1. The second-order valence-corrected chi connectivity index (χ2v) is 4.75. The van der Waals surface area contributed by atoms with Gasteiger partial charge in [-0.25, -0.2) is 9.78 Å². The van der Waals surface area contributed by atoms with Gasteiger partial charge in [-0.05, 0) is 18.2 Å². The lowest BCUT2D eigenvalue weighted by molar-refractivity contribution is 0.0697. The van der Waals surface area contributed by atoms with Crippen LogP contribution < -0.4 is 0 Å². The van der Waals surface area contributed by atoms with Gasteiger partial charge in [0.05, 0.1) is 23.3 Å². The van der Waals surface area contributed by atoms with Crippen molar-refractivity contribution in [1.82, 2.24) is 9.88 Å². The number of thiazole rings is 1. The fourth-order valence-electron chi connectivity index (χ4n) is 1.64. The van der Waals surface area contributed by atoms with Gasteiger partial charge in [0.1, 0.15) is 0 Å². The molecule has 1 heterocycles. The lowest BCUT2D eigenvalue weighted by atomic mass is 10.1. The van der Waals surface area contributed by atoms with Crippen LogP contribution in [0.3, 0.4) is 0 Å². The molecule has 0 aliphatic heterocycles. The third-order valence-corrected chi connectivity index (χ3v) is 3.22. The predicted octanol–water partition coefficient (Wildman–Crippen LogP) is 2.11. The van der Waals surface area contributed by atoms with Crippen LogP contribution in [0.2, 0.25) is 0 Å². The van der Waals surface area contributed by atoms with Crippen molar-refractivity contribution < 1.29 is 14.7 Å². The van der Waals surface area contributed by atoms with E-state index in [2.05, 4.69) is 4.98 Å². The summed E-state index contributed by atoms with van der Waals surface area (Å²) in [7, 11) is 1.66. The molecule has 98 valence electrons. The molecule has 0 atom stereocenters. The number of hydrogen-bond donors (Lipinski definition) is 1. The fraction of sp³-hybridized carbons (Fsp3) is 0.154. The van der Waals surface area contributed by atoms with Crippen molar-refractivity contribution >= 4 is 23.2 Å². The fourth-order valence-corrected chi connectivity index (χ4v) is 2.19. The molecular weight excluding hydrogens is 264 g/mol. The molecule has 0 saturated heterocycles. The SMILES string of the molecule is CN(Cc1cscn1)C(=O)c1cccc(C(=O)O)c1. The third-order valence-electron chi connectivity index (χ3n) is 2.59. The molecule has 0 aliphatic carbocycles. The highest BCUT2D eigenvalue weighted by atomic mass is 32.1. The van der Waals surface area contributed by atoms with Crippen molar-refractivity contribution in [3.63, 3.8) is 0 Å². The Bertz CT molecular complexity index is 596. The normalized spacial score (nSPS) is 10.2. The summed E-state index contributed by atoms with van der Waals surface area (Å²) in [6.45, 7) is 0.402. The Balaban J connectivity index is 2.14. The van der Waals surface area contributed by atoms with Crippen LogP contribution in [0.15, 0.2) is 35.2 Å². The van der Waals surface area contributed by atoms with Gasteiger partial charge in [0, 0.05) is 18.0 Å². The number of amides is 1. The van der Waals surface area contributed by atoms with Crippen molar-refractivity contribution in [2.24, 2.45) is 0 Å². The number of aromatic carboxylic acids is 1. The van der Waals surface area contributed by atoms with Crippen molar-refractivity contribution in [1.29, 1.82) is 0 Å². The summed E-state index contributed by atoms with van der Waals surface area (Å²) in [6.07, 6.45) is 0. The summed E-state index contributed by atoms with van der Waals surface area (Å²) in [5.41, 5.74) is 2.99. The van der Waals surface area contributed by atoms with Gasteiger partial charge in [0.25, 0.3) is 5.91 Å². The summed E-state index contributed by atoms with van der Waals surface area (Å²) < 4.78 is 0. The standard InChI is InChI=1S/C13H12N2O3S/c1-15(6-11-7-19-8-14-11)12(16)9-3-2-4-10(5-9)13(17)18/h2-5,7-8H,6H2,1H3,(H,17,18). The number of carbonyl (C=O) groups is 2. The first-order chi connectivity index (χ1) is 9.08. The summed E-state index contributed by atoms with van der Waals surface area (Å²) in [5.74, 6) is -1.27. The van der Waals surface area contributed by atoms with Crippen molar-refractivity contribution in [2.75, 3.05) is 7.05 Å². The Labute approximate surface area is 114 Å². The van der Waals surface area contributed by atoms with Gasteiger partial charge < -0.3 is 10.0 Å². The lowest BCUT2D eigenvalue weighted by Gasteiger charge is -2.16. The number of carboxylic acids is 1. The minimum Gasteiger partial charge on any atom is -0.478 e. The number of carboxylic acid groups (broad SMARTS) is 1. The highest BCUT2D eigenvalue weighted by Gasteiger charge is 2.14. The molecule has 0 saturated carbocycles. The third kappa shape index (κ3) is 3.17. The van der Waals surface area contributed by atoms with Crippen molar-refractivity contribution in [2.45, 2.75) is 6.54 Å². The molecule has 0 fully saturated rings. The van der Waals surface area contributed by atoms with E-state index in [4.69, 9.17) is 5.11 Å². The zero-order valence-corrected chi connectivity index (χ0v) is 11.1. The highest BCUT2D eigenvalue weighted by molar-refractivity contribution is 7.07. The lowest BCUT2D eigenvalue weighted by Crippen LogP contribution is -2.26. The van der Waals surface area contributed by atoms with Crippen LogP contribution in [0.1, 0.15) is 26.4 Å². The topological polar surface area (TPSA) is 70.5 Å². The minimum atomic E-state index is -1.04. The number of hydrogen-bond acceptors (Lipinski definition) is 4. The first-order valence-electron chi connectivity index (χ1n) is 5.54. The maximum absolute atomic E-state index is 12.2. The van der Waals surface area contributed by atoms with Gasteiger partial charge in [-0.1, -0.05) is 6.07 Å². The molecule has 5 nitrogen and oxygen atoms in total. The van der Waals surface area contributed by atoms with Crippen LogP contribution in [0.5, 0.6) is 0 Å². The smallest absolute Gasteiger partial charge is 0.335 e. The summed E-state index contributed by atoms with van der Waals surface area (Å²) in [4.78, 5) is 28.6. The van der Waals surface area contributed by atoms with Gasteiger partial charge in [-0.2, -0.15) is 0 Å². The zero-order chi connectivity index (χ0) is 13.8. The average molecular weight is 276 g/mol. The second-order valence-electron chi connectivity index (χ2n) is 4.03. The van der Waals surface area contributed by atoms with E-state index in [0.29, 0.717) is 12.1 Å². The van der Waals surface area contributed by atoms with Crippen molar-refractivity contribution in [3.8, 4) is 0 Å². The van der Waals surface area contributed by atoms with E-state index in [1.807, 2.05) is 5.38 Å². The van der Waals surface area contributed by atoms with E-state index in [1.165, 1.54) is 28.4 Å². The van der Waals surface area contributed by atoms with E-state index in [0.717, 1.165) is 5.69 Å². The first kappa shape index (κ1) is 13.2. The van der Waals surface area contributed by atoms with Crippen LogP contribution in [0, 0.1) is 0 Å². The van der Waals surface area contributed by atoms with Crippen LogP contribution in [0.25, 0.3) is 0 Å². The van der Waals surface area contributed by atoms with Crippen LogP contribution in [-0.4, -0.2) is 33.9 Å². The van der Waals surface area contributed by atoms with Gasteiger partial charge >= 0.3 is 5.97 Å². The first-order valence-corrected chi connectivity index (χ1v) is 6.48. The molecule has 0 spiro atoms. The maximum Gasteiger partial charge on any atom is 0.335 e. The molecule has 1 aromatic heterocycles. The monoisotopic (exact) mass is 276 g/mol. The Hall–Kier alpha value is -2.21. The molecule has 1 aromatic carbocycles. The summed E-state index contributed by atoms with van der Waals surface area (Å²) >= 11 is 1.47. The molecule has 2 rings (SSSR count). The minimum absolute atomic E-state index is 0.105. The quantitative estimate of drug-likeness (QED) is 0.928. The molecule has 0 unspecified atom stereocenters. The summed E-state index contributed by atoms with van der Waals surface area (Å²) in [6, 6.07) is 6.00. The number of benzene rings is 1. The van der Waals surface area contributed by atoms with Crippen LogP contribution in [0.4, 0.5) is 0 Å². The maximum atomic E-state index is 12.2. The van der Waals surface area contributed by atoms with Gasteiger partial charge in [0.2, 0.25) is 0 Å².